The zero-order valence-electron chi connectivity index (χ0n) is 10.8. The molecule has 0 aliphatic heterocycles. The van der Waals surface area contributed by atoms with Gasteiger partial charge in [-0.05, 0) is 31.2 Å². The summed E-state index contributed by atoms with van der Waals surface area (Å²) in [7, 11) is 0. The fraction of sp³-hybridized carbons (Fsp3) is 0.833. The van der Waals surface area contributed by atoms with Crippen molar-refractivity contribution in [3.63, 3.8) is 0 Å². The van der Waals surface area contributed by atoms with E-state index in [-0.39, 0.29) is 0 Å². The molecule has 1 saturated carbocycles. The SMILES string of the molecule is CCNC1CC(C)CC(C)C1Sc1ncn[nH]1. The minimum absolute atomic E-state index is 0.592. The third-order valence-electron chi connectivity index (χ3n) is 3.49. The molecule has 0 amide bonds. The van der Waals surface area contributed by atoms with Gasteiger partial charge in [-0.2, -0.15) is 5.10 Å². The van der Waals surface area contributed by atoms with E-state index >= 15 is 0 Å². The van der Waals surface area contributed by atoms with Crippen LogP contribution in [0.25, 0.3) is 0 Å². The van der Waals surface area contributed by atoms with Gasteiger partial charge >= 0.3 is 0 Å². The minimum Gasteiger partial charge on any atom is -0.313 e. The zero-order chi connectivity index (χ0) is 12.3. The minimum atomic E-state index is 0.592. The first-order valence-electron chi connectivity index (χ1n) is 6.46. The third kappa shape index (κ3) is 3.22. The van der Waals surface area contributed by atoms with Crippen molar-refractivity contribution in [2.24, 2.45) is 11.8 Å². The molecular formula is C12H22N4S. The van der Waals surface area contributed by atoms with Crippen molar-refractivity contribution in [3.8, 4) is 0 Å². The molecule has 0 radical (unpaired) electrons. The Labute approximate surface area is 107 Å². The number of H-pyrrole nitrogens is 1. The fourth-order valence-corrected chi connectivity index (χ4v) is 4.06. The van der Waals surface area contributed by atoms with E-state index in [0.29, 0.717) is 11.3 Å². The van der Waals surface area contributed by atoms with Crippen LogP contribution in [-0.4, -0.2) is 33.0 Å². The van der Waals surface area contributed by atoms with Gasteiger partial charge < -0.3 is 5.32 Å². The predicted molar refractivity (Wildman–Crippen MR) is 71.1 cm³/mol. The van der Waals surface area contributed by atoms with Gasteiger partial charge in [0.2, 0.25) is 0 Å². The summed E-state index contributed by atoms with van der Waals surface area (Å²) in [6.45, 7) is 7.93. The highest BCUT2D eigenvalue weighted by atomic mass is 32.2. The lowest BCUT2D eigenvalue weighted by Gasteiger charge is -2.39. The number of aromatic nitrogens is 3. The Morgan fingerprint density at radius 2 is 2.29 bits per heavy atom. The van der Waals surface area contributed by atoms with Crippen molar-refractivity contribution in [3.05, 3.63) is 6.33 Å². The van der Waals surface area contributed by atoms with Gasteiger partial charge in [-0.15, -0.1) is 0 Å². The number of rotatable bonds is 4. The third-order valence-corrected chi connectivity index (χ3v) is 4.98. The standard InChI is InChI=1S/C12H22N4S/c1-4-13-10-6-8(2)5-9(3)11(10)17-12-14-7-15-16-12/h7-11,13H,4-6H2,1-3H3,(H,14,15,16). The zero-order valence-corrected chi connectivity index (χ0v) is 11.6. The molecule has 2 rings (SSSR count). The maximum Gasteiger partial charge on any atom is 0.183 e. The highest BCUT2D eigenvalue weighted by Crippen LogP contribution is 2.38. The maximum atomic E-state index is 4.23. The monoisotopic (exact) mass is 254 g/mol. The van der Waals surface area contributed by atoms with Gasteiger partial charge in [-0.3, -0.25) is 5.10 Å². The van der Waals surface area contributed by atoms with E-state index in [4.69, 9.17) is 0 Å². The molecular weight excluding hydrogens is 232 g/mol. The second-order valence-corrected chi connectivity index (χ2v) is 6.26. The van der Waals surface area contributed by atoms with E-state index in [1.807, 2.05) is 11.8 Å². The quantitative estimate of drug-likeness (QED) is 0.866. The van der Waals surface area contributed by atoms with E-state index in [1.165, 1.54) is 12.8 Å². The first-order valence-corrected chi connectivity index (χ1v) is 7.34. The molecule has 1 aromatic heterocycles. The second kappa shape index (κ2) is 5.87. The van der Waals surface area contributed by atoms with Gasteiger partial charge in [-0.25, -0.2) is 4.98 Å². The topological polar surface area (TPSA) is 53.6 Å². The van der Waals surface area contributed by atoms with Crippen LogP contribution in [0.15, 0.2) is 11.5 Å². The molecule has 0 bridgehead atoms. The molecule has 5 heteroatoms. The summed E-state index contributed by atoms with van der Waals surface area (Å²) >= 11 is 1.84. The van der Waals surface area contributed by atoms with E-state index in [1.54, 1.807) is 6.33 Å². The Morgan fingerprint density at radius 1 is 1.47 bits per heavy atom. The molecule has 17 heavy (non-hydrogen) atoms. The van der Waals surface area contributed by atoms with Crippen LogP contribution in [0.1, 0.15) is 33.6 Å². The van der Waals surface area contributed by atoms with Crippen molar-refractivity contribution in [2.75, 3.05) is 6.54 Å². The number of nitrogens with one attached hydrogen (secondary N) is 2. The molecule has 1 heterocycles. The van der Waals surface area contributed by atoms with Crippen LogP contribution in [0, 0.1) is 11.8 Å². The molecule has 1 aliphatic rings. The lowest BCUT2D eigenvalue weighted by atomic mass is 9.80. The number of hydrogen-bond acceptors (Lipinski definition) is 4. The molecule has 4 atom stereocenters. The summed E-state index contributed by atoms with van der Waals surface area (Å²) < 4.78 is 0. The number of thioether (sulfide) groups is 1. The first kappa shape index (κ1) is 12.9. The van der Waals surface area contributed by atoms with Gasteiger partial charge in [0.15, 0.2) is 5.16 Å². The predicted octanol–water partition coefficient (Wildman–Crippen LogP) is 2.31. The average Bonchev–Trinajstić information content (AvgIpc) is 2.76. The lowest BCUT2D eigenvalue weighted by molar-refractivity contribution is 0.251. The van der Waals surface area contributed by atoms with Crippen molar-refractivity contribution in [2.45, 2.75) is 50.1 Å². The maximum absolute atomic E-state index is 4.23. The fourth-order valence-electron chi connectivity index (χ4n) is 2.87. The normalized spacial score (nSPS) is 33.8. The summed E-state index contributed by atoms with van der Waals surface area (Å²) in [5.41, 5.74) is 0. The number of nitrogens with zero attached hydrogens (tertiary/aromatic N) is 2. The van der Waals surface area contributed by atoms with Crippen molar-refractivity contribution in [1.29, 1.82) is 0 Å². The number of hydrogen-bond donors (Lipinski definition) is 2. The van der Waals surface area contributed by atoms with Gasteiger partial charge in [0.05, 0.1) is 0 Å². The van der Waals surface area contributed by atoms with Crippen LogP contribution in [0.3, 0.4) is 0 Å². The van der Waals surface area contributed by atoms with Crippen LogP contribution in [0.4, 0.5) is 0 Å². The Bertz CT molecular complexity index is 327. The van der Waals surface area contributed by atoms with Crippen molar-refractivity contribution < 1.29 is 0 Å². The summed E-state index contributed by atoms with van der Waals surface area (Å²) in [5.74, 6) is 1.54. The van der Waals surface area contributed by atoms with E-state index < -0.39 is 0 Å². The number of aromatic amines is 1. The van der Waals surface area contributed by atoms with E-state index in [2.05, 4.69) is 41.3 Å². The summed E-state index contributed by atoms with van der Waals surface area (Å²) in [4.78, 5) is 4.23. The molecule has 2 N–H and O–H groups in total. The van der Waals surface area contributed by atoms with Crippen molar-refractivity contribution >= 4 is 11.8 Å². The summed E-state index contributed by atoms with van der Waals surface area (Å²) in [6.07, 6.45) is 4.17. The van der Waals surface area contributed by atoms with Crippen LogP contribution in [0.5, 0.6) is 0 Å². The van der Waals surface area contributed by atoms with Crippen molar-refractivity contribution in [1.82, 2.24) is 20.5 Å². The molecule has 0 spiro atoms. The van der Waals surface area contributed by atoms with E-state index in [9.17, 15) is 0 Å². The molecule has 4 nitrogen and oxygen atoms in total. The Kier molecular flexibility index (Phi) is 4.45. The van der Waals surface area contributed by atoms with Gasteiger partial charge in [-0.1, -0.05) is 32.5 Å². The molecule has 1 aliphatic carbocycles. The van der Waals surface area contributed by atoms with Gasteiger partial charge in [0.25, 0.3) is 0 Å². The largest absolute Gasteiger partial charge is 0.313 e. The molecule has 0 saturated heterocycles. The van der Waals surface area contributed by atoms with Gasteiger partial charge in [0.1, 0.15) is 6.33 Å². The van der Waals surface area contributed by atoms with Gasteiger partial charge in [0, 0.05) is 11.3 Å². The summed E-state index contributed by atoms with van der Waals surface area (Å²) in [5, 5.41) is 12.0. The van der Waals surface area contributed by atoms with Crippen LogP contribution in [0.2, 0.25) is 0 Å². The Hall–Kier alpha value is -0.550. The van der Waals surface area contributed by atoms with Crippen LogP contribution < -0.4 is 5.32 Å². The smallest absolute Gasteiger partial charge is 0.183 e. The Balaban J connectivity index is 2.04. The summed E-state index contributed by atoms with van der Waals surface area (Å²) in [6, 6.07) is 0.592. The average molecular weight is 254 g/mol. The van der Waals surface area contributed by atoms with Crippen LogP contribution in [-0.2, 0) is 0 Å². The van der Waals surface area contributed by atoms with E-state index in [0.717, 1.165) is 23.5 Å². The molecule has 1 aromatic rings. The molecule has 96 valence electrons. The molecule has 4 unspecified atom stereocenters. The second-order valence-electron chi connectivity index (χ2n) is 5.09. The first-order chi connectivity index (χ1) is 8.20. The highest BCUT2D eigenvalue weighted by molar-refractivity contribution is 7.99. The lowest BCUT2D eigenvalue weighted by Crippen LogP contribution is -2.46. The van der Waals surface area contributed by atoms with Crippen LogP contribution >= 0.6 is 11.8 Å². The molecule has 0 aromatic carbocycles. The molecule has 1 fully saturated rings. The highest BCUT2D eigenvalue weighted by Gasteiger charge is 2.34. The Morgan fingerprint density at radius 3 is 2.94 bits per heavy atom.